The molecule has 19 heavy (non-hydrogen) atoms. The van der Waals surface area contributed by atoms with Crippen LogP contribution < -0.4 is 10.6 Å². The molecule has 0 aliphatic carbocycles. The topological polar surface area (TPSA) is 70.9 Å². The molecule has 0 spiro atoms. The Labute approximate surface area is 115 Å². The van der Waals surface area contributed by atoms with Crippen LogP contribution in [0.25, 0.3) is 0 Å². The number of nitrogens with zero attached hydrogens (tertiary/aromatic N) is 4. The number of nitrogens with two attached hydrogens (primary N) is 1. The quantitative estimate of drug-likeness (QED) is 0.907. The number of hydrogen-bond donors (Lipinski definition) is 1. The minimum absolute atomic E-state index is 0.226. The molecule has 1 aliphatic rings. The van der Waals surface area contributed by atoms with Gasteiger partial charge in [-0.3, -0.25) is 0 Å². The van der Waals surface area contributed by atoms with E-state index >= 15 is 0 Å². The molecule has 0 aromatic carbocycles. The number of nitriles is 1. The van der Waals surface area contributed by atoms with Crippen molar-refractivity contribution in [2.75, 3.05) is 23.7 Å². The van der Waals surface area contributed by atoms with Crippen molar-refractivity contribution in [3.8, 4) is 6.07 Å². The summed E-state index contributed by atoms with van der Waals surface area (Å²) in [6, 6.07) is 2.45. The van der Waals surface area contributed by atoms with Crippen molar-refractivity contribution in [2.24, 2.45) is 5.92 Å². The first-order chi connectivity index (χ1) is 9.08. The highest BCUT2D eigenvalue weighted by atomic mass is 15.4. The van der Waals surface area contributed by atoms with E-state index in [1.165, 1.54) is 0 Å². The molecule has 1 saturated heterocycles. The van der Waals surface area contributed by atoms with E-state index in [1.54, 1.807) is 4.68 Å². The average molecular weight is 261 g/mol. The first-order valence-corrected chi connectivity index (χ1v) is 7.11. The molecule has 1 unspecified atom stereocenters. The van der Waals surface area contributed by atoms with E-state index in [4.69, 9.17) is 5.73 Å². The molecule has 0 bridgehead atoms. The van der Waals surface area contributed by atoms with Crippen LogP contribution in [-0.4, -0.2) is 22.9 Å². The highest BCUT2D eigenvalue weighted by molar-refractivity contribution is 5.65. The molecule has 2 heterocycles. The van der Waals surface area contributed by atoms with Crippen LogP contribution >= 0.6 is 0 Å². The van der Waals surface area contributed by atoms with Crippen molar-refractivity contribution in [2.45, 2.75) is 46.1 Å². The molecule has 2 N–H and O–H groups in total. The van der Waals surface area contributed by atoms with Gasteiger partial charge in [-0.25, -0.2) is 4.68 Å². The molecule has 104 valence electrons. The molecule has 0 saturated carbocycles. The fourth-order valence-corrected chi connectivity index (χ4v) is 2.49. The third-order valence-electron chi connectivity index (χ3n) is 4.13. The van der Waals surface area contributed by atoms with Gasteiger partial charge in [0.25, 0.3) is 0 Å². The number of aromatic nitrogens is 2. The summed E-state index contributed by atoms with van der Waals surface area (Å²) in [5.74, 6) is 2.04. The van der Waals surface area contributed by atoms with Gasteiger partial charge in [-0.2, -0.15) is 10.4 Å². The lowest BCUT2D eigenvalue weighted by molar-refractivity contribution is 0.431. The predicted molar refractivity (Wildman–Crippen MR) is 77.0 cm³/mol. The smallest absolute Gasteiger partial charge is 0.170 e. The Morgan fingerprint density at radius 2 is 2.11 bits per heavy atom. The van der Waals surface area contributed by atoms with Gasteiger partial charge in [0, 0.05) is 13.1 Å². The molecule has 0 radical (unpaired) electrons. The van der Waals surface area contributed by atoms with Crippen LogP contribution in [0, 0.1) is 17.2 Å². The van der Waals surface area contributed by atoms with Crippen LogP contribution in [0.2, 0.25) is 0 Å². The highest BCUT2D eigenvalue weighted by Crippen LogP contribution is 2.30. The van der Waals surface area contributed by atoms with Gasteiger partial charge in [-0.05, 0) is 32.1 Å². The summed E-state index contributed by atoms with van der Waals surface area (Å²) in [6.07, 6.45) is 3.26. The zero-order valence-corrected chi connectivity index (χ0v) is 12.1. The minimum atomic E-state index is 0.226. The molecule has 2 rings (SSSR count). The summed E-state index contributed by atoms with van der Waals surface area (Å²) in [7, 11) is 0. The monoisotopic (exact) mass is 261 g/mol. The van der Waals surface area contributed by atoms with Crippen molar-refractivity contribution in [1.29, 1.82) is 5.26 Å². The lowest BCUT2D eigenvalue weighted by atomic mass is 9.99. The molecule has 1 atom stereocenters. The Morgan fingerprint density at radius 1 is 1.47 bits per heavy atom. The van der Waals surface area contributed by atoms with Gasteiger partial charge in [0.05, 0.1) is 6.04 Å². The normalized spacial score (nSPS) is 18.3. The molecular formula is C14H23N5. The second kappa shape index (κ2) is 5.52. The summed E-state index contributed by atoms with van der Waals surface area (Å²) in [5.41, 5.74) is 6.61. The van der Waals surface area contributed by atoms with E-state index in [2.05, 4.69) is 36.8 Å². The van der Waals surface area contributed by atoms with Gasteiger partial charge in [0.1, 0.15) is 17.5 Å². The maximum Gasteiger partial charge on any atom is 0.170 e. The van der Waals surface area contributed by atoms with Crippen LogP contribution in [-0.2, 0) is 0 Å². The number of rotatable bonds is 3. The molecule has 1 aromatic heterocycles. The maximum atomic E-state index is 9.34. The van der Waals surface area contributed by atoms with Gasteiger partial charge < -0.3 is 10.6 Å². The van der Waals surface area contributed by atoms with Crippen LogP contribution in [0.5, 0.6) is 0 Å². The van der Waals surface area contributed by atoms with E-state index in [0.29, 0.717) is 11.4 Å². The van der Waals surface area contributed by atoms with Gasteiger partial charge in [0.15, 0.2) is 5.82 Å². The molecule has 0 amide bonds. The fraction of sp³-hybridized carbons (Fsp3) is 0.714. The Bertz CT molecular complexity index is 477. The lowest BCUT2D eigenvalue weighted by Crippen LogP contribution is -2.33. The third kappa shape index (κ3) is 2.53. The molecule has 5 nitrogen and oxygen atoms in total. The number of nitrogen functional groups attached to an aromatic ring is 1. The van der Waals surface area contributed by atoms with Gasteiger partial charge >= 0.3 is 0 Å². The van der Waals surface area contributed by atoms with E-state index in [1.807, 2.05) is 0 Å². The number of anilines is 2. The second-order valence-corrected chi connectivity index (χ2v) is 5.57. The molecule has 5 heteroatoms. The van der Waals surface area contributed by atoms with E-state index in [0.717, 1.165) is 44.1 Å². The van der Waals surface area contributed by atoms with Crippen molar-refractivity contribution in [3.63, 3.8) is 0 Å². The summed E-state index contributed by atoms with van der Waals surface area (Å²) >= 11 is 0. The first-order valence-electron chi connectivity index (χ1n) is 7.11. The standard InChI is InChI=1S/C14H23N5/c1-4-11(3)19-13(16)12(9-15)14(17-19)18-7-5-10(2)6-8-18/h10-11H,4-8,16H2,1-3H3. The van der Waals surface area contributed by atoms with Gasteiger partial charge in [-0.15, -0.1) is 0 Å². The van der Waals surface area contributed by atoms with Crippen LogP contribution in [0.3, 0.4) is 0 Å². The lowest BCUT2D eigenvalue weighted by Gasteiger charge is -2.30. The van der Waals surface area contributed by atoms with Crippen LogP contribution in [0.1, 0.15) is 51.6 Å². The predicted octanol–water partition coefficient (Wildman–Crippen LogP) is 2.54. The number of hydrogen-bond acceptors (Lipinski definition) is 4. The average Bonchev–Trinajstić information content (AvgIpc) is 2.75. The third-order valence-corrected chi connectivity index (χ3v) is 4.13. The Hall–Kier alpha value is -1.70. The SMILES string of the molecule is CCC(C)n1nc(N2CCC(C)CC2)c(C#N)c1N. The van der Waals surface area contributed by atoms with E-state index < -0.39 is 0 Å². The second-order valence-electron chi connectivity index (χ2n) is 5.57. The summed E-state index contributed by atoms with van der Waals surface area (Å²) < 4.78 is 1.80. The first kappa shape index (κ1) is 13.7. The number of piperidine rings is 1. The van der Waals surface area contributed by atoms with Gasteiger partial charge in [0.2, 0.25) is 0 Å². The maximum absolute atomic E-state index is 9.34. The Morgan fingerprint density at radius 3 is 2.63 bits per heavy atom. The van der Waals surface area contributed by atoms with Crippen molar-refractivity contribution >= 4 is 11.6 Å². The molecular weight excluding hydrogens is 238 g/mol. The molecule has 1 fully saturated rings. The zero-order chi connectivity index (χ0) is 14.0. The summed E-state index contributed by atoms with van der Waals surface area (Å²) in [6.45, 7) is 8.38. The van der Waals surface area contributed by atoms with Crippen molar-refractivity contribution < 1.29 is 0 Å². The van der Waals surface area contributed by atoms with Crippen LogP contribution in [0.15, 0.2) is 0 Å². The molecule has 1 aliphatic heterocycles. The largest absolute Gasteiger partial charge is 0.383 e. The fourth-order valence-electron chi connectivity index (χ4n) is 2.49. The minimum Gasteiger partial charge on any atom is -0.383 e. The van der Waals surface area contributed by atoms with Crippen molar-refractivity contribution in [3.05, 3.63) is 5.56 Å². The Kier molecular flexibility index (Phi) is 3.98. The van der Waals surface area contributed by atoms with E-state index in [-0.39, 0.29) is 6.04 Å². The van der Waals surface area contributed by atoms with E-state index in [9.17, 15) is 5.26 Å². The zero-order valence-electron chi connectivity index (χ0n) is 12.1. The highest BCUT2D eigenvalue weighted by Gasteiger charge is 2.25. The summed E-state index contributed by atoms with van der Waals surface area (Å²) in [4.78, 5) is 2.20. The molecule has 1 aromatic rings. The Balaban J connectivity index is 2.32. The van der Waals surface area contributed by atoms with Crippen molar-refractivity contribution in [1.82, 2.24) is 9.78 Å². The summed E-state index contributed by atoms with van der Waals surface area (Å²) in [5, 5.41) is 13.9. The van der Waals surface area contributed by atoms with Crippen LogP contribution in [0.4, 0.5) is 11.6 Å². The van der Waals surface area contributed by atoms with Gasteiger partial charge in [-0.1, -0.05) is 13.8 Å².